The van der Waals surface area contributed by atoms with Crippen molar-refractivity contribution < 1.29 is 14.7 Å². The van der Waals surface area contributed by atoms with Gasteiger partial charge in [-0.05, 0) is 32.4 Å². The van der Waals surface area contributed by atoms with E-state index < -0.39 is 18.1 Å². The molecule has 1 aromatic rings. The number of benzene rings is 1. The number of carboxylic acid groups (broad SMARTS) is 1. The van der Waals surface area contributed by atoms with Crippen LogP contribution in [0.4, 0.5) is 5.69 Å². The first-order chi connectivity index (χ1) is 10.0. The number of carbonyl (C=O) groups excluding carboxylic acids is 1. The number of anilines is 1. The van der Waals surface area contributed by atoms with Crippen molar-refractivity contribution in [1.29, 1.82) is 0 Å². The van der Waals surface area contributed by atoms with Gasteiger partial charge in [0, 0.05) is 12.2 Å². The number of para-hydroxylation sites is 1. The molecule has 6 heteroatoms. The Bertz CT molecular complexity index is 468. The van der Waals surface area contributed by atoms with E-state index in [9.17, 15) is 9.59 Å². The van der Waals surface area contributed by atoms with Crippen LogP contribution in [0.2, 0.25) is 0 Å². The molecule has 0 aliphatic rings. The third-order valence-corrected chi connectivity index (χ3v) is 3.35. The predicted octanol–water partition coefficient (Wildman–Crippen LogP) is 2.69. The van der Waals surface area contributed by atoms with Crippen molar-refractivity contribution in [2.24, 2.45) is 0 Å². The highest BCUT2D eigenvalue weighted by Crippen LogP contribution is 2.14. The number of carbonyl (C=O) groups is 2. The highest BCUT2D eigenvalue weighted by molar-refractivity contribution is 5.97. The summed E-state index contributed by atoms with van der Waals surface area (Å²) in [4.78, 5) is 25.3. The Morgan fingerprint density at radius 3 is 2.27 bits per heavy atom. The van der Waals surface area contributed by atoms with Crippen molar-refractivity contribution in [3.05, 3.63) is 30.3 Å². The van der Waals surface area contributed by atoms with E-state index in [-0.39, 0.29) is 18.3 Å². The average molecular weight is 329 g/mol. The quantitative estimate of drug-likeness (QED) is 0.769. The van der Waals surface area contributed by atoms with E-state index in [1.165, 1.54) is 0 Å². The number of nitrogens with zero attached hydrogens (tertiary/aromatic N) is 1. The van der Waals surface area contributed by atoms with Crippen LogP contribution in [0.5, 0.6) is 0 Å². The largest absolute Gasteiger partial charge is 0.480 e. The number of nitrogens with one attached hydrogen (secondary N) is 1. The van der Waals surface area contributed by atoms with Crippen LogP contribution in [-0.2, 0) is 9.59 Å². The minimum absolute atomic E-state index is 0. The molecule has 0 aliphatic heterocycles. The van der Waals surface area contributed by atoms with Gasteiger partial charge in [0.05, 0.1) is 6.04 Å². The number of amides is 1. The number of halogens is 1. The molecular formula is C16H25ClN2O3. The van der Waals surface area contributed by atoms with E-state index >= 15 is 0 Å². The maximum absolute atomic E-state index is 12.5. The van der Waals surface area contributed by atoms with Crippen molar-refractivity contribution in [3.63, 3.8) is 0 Å². The monoisotopic (exact) mass is 328 g/mol. The van der Waals surface area contributed by atoms with Gasteiger partial charge in [0.15, 0.2) is 0 Å². The number of carboxylic acids is 1. The fourth-order valence-corrected chi connectivity index (χ4v) is 2.25. The van der Waals surface area contributed by atoms with Crippen LogP contribution in [0.3, 0.4) is 0 Å². The van der Waals surface area contributed by atoms with E-state index in [2.05, 4.69) is 5.32 Å². The summed E-state index contributed by atoms with van der Waals surface area (Å²) in [6, 6.07) is 8.15. The third kappa shape index (κ3) is 5.66. The van der Waals surface area contributed by atoms with E-state index in [1.54, 1.807) is 11.8 Å². The first-order valence-corrected chi connectivity index (χ1v) is 7.36. The normalized spacial score (nSPS) is 12.9. The summed E-state index contributed by atoms with van der Waals surface area (Å²) < 4.78 is 0. The molecule has 124 valence electrons. The van der Waals surface area contributed by atoms with Crippen LogP contribution in [0.15, 0.2) is 30.3 Å². The molecule has 0 aliphatic carbocycles. The second kappa shape index (κ2) is 10.2. The fraction of sp³-hybridized carbons (Fsp3) is 0.500. The van der Waals surface area contributed by atoms with Crippen LogP contribution in [0.25, 0.3) is 0 Å². The molecule has 0 saturated carbocycles. The molecular weight excluding hydrogens is 304 g/mol. The van der Waals surface area contributed by atoms with Crippen LogP contribution in [-0.4, -0.2) is 35.6 Å². The Balaban J connectivity index is 0.00000441. The molecule has 0 radical (unpaired) electrons. The van der Waals surface area contributed by atoms with Gasteiger partial charge in [-0.1, -0.05) is 31.5 Å². The first-order valence-electron chi connectivity index (χ1n) is 7.36. The lowest BCUT2D eigenvalue weighted by Crippen LogP contribution is -2.50. The number of hydrogen-bond donors (Lipinski definition) is 2. The van der Waals surface area contributed by atoms with Gasteiger partial charge in [-0.25, -0.2) is 0 Å². The summed E-state index contributed by atoms with van der Waals surface area (Å²) in [5.74, 6) is -1.04. The zero-order chi connectivity index (χ0) is 15.8. The molecule has 0 spiro atoms. The molecule has 2 N–H and O–H groups in total. The summed E-state index contributed by atoms with van der Waals surface area (Å²) in [6.07, 6.45) is 1.26. The van der Waals surface area contributed by atoms with Gasteiger partial charge >= 0.3 is 5.97 Å². The van der Waals surface area contributed by atoms with Crippen LogP contribution in [0, 0.1) is 0 Å². The second-order valence-electron chi connectivity index (χ2n) is 4.99. The van der Waals surface area contributed by atoms with Gasteiger partial charge in [-0.15, -0.1) is 12.4 Å². The van der Waals surface area contributed by atoms with Crippen LogP contribution >= 0.6 is 12.4 Å². The second-order valence-corrected chi connectivity index (χ2v) is 4.99. The van der Waals surface area contributed by atoms with Crippen LogP contribution in [0.1, 0.15) is 33.6 Å². The van der Waals surface area contributed by atoms with Crippen molar-refractivity contribution in [1.82, 2.24) is 5.32 Å². The number of likely N-dealkylation sites (N-methyl/N-ethyl adjacent to an activating group) is 1. The van der Waals surface area contributed by atoms with E-state index in [0.717, 1.165) is 12.1 Å². The molecule has 0 bridgehead atoms. The van der Waals surface area contributed by atoms with Gasteiger partial charge in [0.1, 0.15) is 6.04 Å². The SMILES string of the molecule is CCCC(NC(C)C(=O)N(CC)c1ccccc1)C(=O)O.Cl. The van der Waals surface area contributed by atoms with Gasteiger partial charge in [-0.3, -0.25) is 14.9 Å². The predicted molar refractivity (Wildman–Crippen MR) is 90.6 cm³/mol. The molecule has 0 fully saturated rings. The first kappa shape index (κ1) is 20.4. The van der Waals surface area contributed by atoms with Crippen molar-refractivity contribution in [2.45, 2.75) is 45.7 Å². The third-order valence-electron chi connectivity index (χ3n) is 3.35. The Morgan fingerprint density at radius 2 is 1.82 bits per heavy atom. The fourth-order valence-electron chi connectivity index (χ4n) is 2.25. The van der Waals surface area contributed by atoms with Gasteiger partial charge in [0.25, 0.3) is 0 Å². The summed E-state index contributed by atoms with van der Waals surface area (Å²) in [5, 5.41) is 12.1. The van der Waals surface area contributed by atoms with Gasteiger partial charge in [-0.2, -0.15) is 0 Å². The lowest BCUT2D eigenvalue weighted by molar-refractivity contribution is -0.140. The Morgan fingerprint density at radius 1 is 1.23 bits per heavy atom. The topological polar surface area (TPSA) is 69.6 Å². The summed E-state index contributed by atoms with van der Waals surface area (Å²) in [7, 11) is 0. The number of rotatable bonds is 8. The molecule has 1 rings (SSSR count). The lowest BCUT2D eigenvalue weighted by Gasteiger charge is -2.27. The molecule has 0 aromatic heterocycles. The molecule has 1 aromatic carbocycles. The van der Waals surface area contributed by atoms with Crippen LogP contribution < -0.4 is 10.2 Å². The molecule has 0 saturated heterocycles. The molecule has 1 amide bonds. The van der Waals surface area contributed by atoms with Gasteiger partial charge in [0.2, 0.25) is 5.91 Å². The summed E-state index contributed by atoms with van der Waals surface area (Å²) >= 11 is 0. The maximum atomic E-state index is 12.5. The van der Waals surface area contributed by atoms with E-state index in [1.807, 2.05) is 44.2 Å². The smallest absolute Gasteiger partial charge is 0.320 e. The standard InChI is InChI=1S/C16H24N2O3.ClH/c1-4-9-14(16(20)21)17-12(3)15(19)18(5-2)13-10-7-6-8-11-13;/h6-8,10-12,14,17H,4-5,9H2,1-3H3,(H,20,21);1H. The zero-order valence-corrected chi connectivity index (χ0v) is 14.1. The van der Waals surface area contributed by atoms with Crippen molar-refractivity contribution in [3.8, 4) is 0 Å². The molecule has 0 heterocycles. The summed E-state index contributed by atoms with van der Waals surface area (Å²) in [5.41, 5.74) is 0.820. The number of aliphatic carboxylic acids is 1. The van der Waals surface area contributed by atoms with Crippen molar-refractivity contribution in [2.75, 3.05) is 11.4 Å². The highest BCUT2D eigenvalue weighted by atomic mass is 35.5. The minimum Gasteiger partial charge on any atom is -0.480 e. The van der Waals surface area contributed by atoms with E-state index in [0.29, 0.717) is 13.0 Å². The van der Waals surface area contributed by atoms with Gasteiger partial charge < -0.3 is 10.0 Å². The summed E-state index contributed by atoms with van der Waals surface area (Å²) in [6.45, 7) is 6.07. The molecule has 22 heavy (non-hydrogen) atoms. The Labute approximate surface area is 138 Å². The zero-order valence-electron chi connectivity index (χ0n) is 13.3. The minimum atomic E-state index is -0.917. The Hall–Kier alpha value is -1.59. The van der Waals surface area contributed by atoms with Crippen molar-refractivity contribution >= 4 is 30.0 Å². The lowest BCUT2D eigenvalue weighted by atomic mass is 10.1. The van der Waals surface area contributed by atoms with E-state index in [4.69, 9.17) is 5.11 Å². The average Bonchev–Trinajstić information content (AvgIpc) is 2.48. The highest BCUT2D eigenvalue weighted by Gasteiger charge is 2.25. The number of hydrogen-bond acceptors (Lipinski definition) is 3. The molecule has 2 atom stereocenters. The molecule has 5 nitrogen and oxygen atoms in total. The maximum Gasteiger partial charge on any atom is 0.320 e. The molecule has 2 unspecified atom stereocenters. The Kier molecular flexibility index (Phi) is 9.45.